The minimum atomic E-state index is -0.480. The van der Waals surface area contributed by atoms with Gasteiger partial charge < -0.3 is 5.11 Å². The van der Waals surface area contributed by atoms with Gasteiger partial charge in [0.1, 0.15) is 0 Å². The molecule has 0 fully saturated rings. The summed E-state index contributed by atoms with van der Waals surface area (Å²) in [6, 6.07) is 8.25. The van der Waals surface area contributed by atoms with E-state index < -0.39 is 6.10 Å². The SMILES string of the molecule is Cc1ccc(CC(O)c2cn(C)nc2C)cc1. The van der Waals surface area contributed by atoms with Crippen LogP contribution in [0.15, 0.2) is 30.5 Å². The third kappa shape index (κ3) is 2.74. The second-order valence-electron chi connectivity index (χ2n) is 4.55. The number of benzene rings is 1. The number of aromatic nitrogens is 2. The van der Waals surface area contributed by atoms with E-state index in [1.165, 1.54) is 5.56 Å². The molecular weight excluding hydrogens is 212 g/mol. The predicted octanol–water partition coefficient (Wildman–Crippen LogP) is 2.31. The number of rotatable bonds is 3. The van der Waals surface area contributed by atoms with E-state index in [9.17, 15) is 5.11 Å². The molecule has 0 aliphatic rings. The number of hydrogen-bond donors (Lipinski definition) is 1. The Morgan fingerprint density at radius 2 is 1.88 bits per heavy atom. The normalized spacial score (nSPS) is 12.7. The molecule has 1 heterocycles. The van der Waals surface area contributed by atoms with Crippen LogP contribution in [0.25, 0.3) is 0 Å². The number of aryl methyl sites for hydroxylation is 3. The van der Waals surface area contributed by atoms with Gasteiger partial charge in [-0.3, -0.25) is 4.68 Å². The van der Waals surface area contributed by atoms with Gasteiger partial charge in [0.25, 0.3) is 0 Å². The zero-order valence-electron chi connectivity index (χ0n) is 10.5. The van der Waals surface area contributed by atoms with E-state index in [-0.39, 0.29) is 0 Å². The summed E-state index contributed by atoms with van der Waals surface area (Å²) in [6.45, 7) is 3.99. The van der Waals surface area contributed by atoms with Crippen LogP contribution >= 0.6 is 0 Å². The molecule has 0 aliphatic carbocycles. The Kier molecular flexibility index (Phi) is 3.29. The van der Waals surface area contributed by atoms with Gasteiger partial charge >= 0.3 is 0 Å². The molecule has 1 aromatic carbocycles. The lowest BCUT2D eigenvalue weighted by Crippen LogP contribution is -2.02. The van der Waals surface area contributed by atoms with Gasteiger partial charge in [0, 0.05) is 25.2 Å². The summed E-state index contributed by atoms with van der Waals surface area (Å²) in [5, 5.41) is 14.4. The van der Waals surface area contributed by atoms with Crippen LogP contribution in [0.1, 0.15) is 28.5 Å². The maximum absolute atomic E-state index is 10.2. The molecule has 3 heteroatoms. The Hall–Kier alpha value is -1.61. The Labute approximate surface area is 102 Å². The molecule has 17 heavy (non-hydrogen) atoms. The monoisotopic (exact) mass is 230 g/mol. The first kappa shape index (κ1) is 11.9. The van der Waals surface area contributed by atoms with Gasteiger partial charge in [0.15, 0.2) is 0 Å². The van der Waals surface area contributed by atoms with E-state index in [4.69, 9.17) is 0 Å². The van der Waals surface area contributed by atoms with Crippen LogP contribution in [0.4, 0.5) is 0 Å². The first-order valence-electron chi connectivity index (χ1n) is 5.80. The average Bonchev–Trinajstić information content (AvgIpc) is 2.61. The van der Waals surface area contributed by atoms with Gasteiger partial charge in [-0.2, -0.15) is 5.10 Å². The van der Waals surface area contributed by atoms with Crippen molar-refractivity contribution in [2.75, 3.05) is 0 Å². The maximum atomic E-state index is 10.2. The van der Waals surface area contributed by atoms with E-state index in [0.717, 1.165) is 16.8 Å². The summed E-state index contributed by atoms with van der Waals surface area (Å²) in [6.07, 6.45) is 2.03. The second-order valence-corrected chi connectivity index (χ2v) is 4.55. The highest BCUT2D eigenvalue weighted by Gasteiger charge is 2.13. The van der Waals surface area contributed by atoms with Crippen molar-refractivity contribution in [3.8, 4) is 0 Å². The molecule has 1 N–H and O–H groups in total. The van der Waals surface area contributed by atoms with Gasteiger partial charge in [-0.05, 0) is 19.4 Å². The zero-order chi connectivity index (χ0) is 12.4. The van der Waals surface area contributed by atoms with Crippen LogP contribution in [-0.4, -0.2) is 14.9 Å². The van der Waals surface area contributed by atoms with Gasteiger partial charge in [0.05, 0.1) is 11.8 Å². The fraction of sp³-hybridized carbons (Fsp3) is 0.357. The molecule has 2 aromatic rings. The molecule has 1 unspecified atom stereocenters. The average molecular weight is 230 g/mol. The smallest absolute Gasteiger partial charge is 0.0863 e. The molecule has 2 rings (SSSR count). The number of nitrogens with zero attached hydrogens (tertiary/aromatic N) is 2. The highest BCUT2D eigenvalue weighted by molar-refractivity contribution is 5.25. The summed E-state index contributed by atoms with van der Waals surface area (Å²) in [4.78, 5) is 0. The second kappa shape index (κ2) is 4.72. The molecular formula is C14H18N2O. The van der Waals surface area contributed by atoms with Crippen LogP contribution in [0.3, 0.4) is 0 Å². The van der Waals surface area contributed by atoms with Crippen LogP contribution < -0.4 is 0 Å². The minimum absolute atomic E-state index is 0.480. The van der Waals surface area contributed by atoms with Crippen LogP contribution in [-0.2, 0) is 13.5 Å². The molecule has 0 bridgehead atoms. The lowest BCUT2D eigenvalue weighted by atomic mass is 10.0. The summed E-state index contributed by atoms with van der Waals surface area (Å²) in [5.74, 6) is 0. The maximum Gasteiger partial charge on any atom is 0.0863 e. The van der Waals surface area contributed by atoms with E-state index in [1.807, 2.05) is 20.2 Å². The van der Waals surface area contributed by atoms with E-state index in [1.54, 1.807) is 4.68 Å². The van der Waals surface area contributed by atoms with Crippen molar-refractivity contribution in [2.24, 2.45) is 7.05 Å². The molecule has 0 saturated carbocycles. The minimum Gasteiger partial charge on any atom is -0.388 e. The molecule has 0 spiro atoms. The third-order valence-corrected chi connectivity index (χ3v) is 2.96. The van der Waals surface area contributed by atoms with E-state index >= 15 is 0 Å². The summed E-state index contributed by atoms with van der Waals surface area (Å²) in [5.41, 5.74) is 4.19. The first-order chi connectivity index (χ1) is 8.06. The van der Waals surface area contributed by atoms with Gasteiger partial charge in [-0.1, -0.05) is 29.8 Å². The molecule has 1 aromatic heterocycles. The molecule has 0 aliphatic heterocycles. The van der Waals surface area contributed by atoms with Crippen molar-refractivity contribution >= 4 is 0 Å². The standard InChI is InChI=1S/C14H18N2O/c1-10-4-6-12(7-5-10)8-14(17)13-9-16(3)15-11(13)2/h4-7,9,14,17H,8H2,1-3H3. The van der Waals surface area contributed by atoms with E-state index in [2.05, 4.69) is 36.3 Å². The van der Waals surface area contributed by atoms with Crippen molar-refractivity contribution < 1.29 is 5.11 Å². The van der Waals surface area contributed by atoms with E-state index in [0.29, 0.717) is 6.42 Å². The van der Waals surface area contributed by atoms with Crippen molar-refractivity contribution in [2.45, 2.75) is 26.4 Å². The molecule has 0 radical (unpaired) electrons. The molecule has 1 atom stereocenters. The first-order valence-corrected chi connectivity index (χ1v) is 5.80. The fourth-order valence-electron chi connectivity index (χ4n) is 2.00. The Morgan fingerprint density at radius 3 is 2.41 bits per heavy atom. The molecule has 0 saturated heterocycles. The lowest BCUT2D eigenvalue weighted by molar-refractivity contribution is 0.177. The Balaban J connectivity index is 2.14. The Morgan fingerprint density at radius 1 is 1.24 bits per heavy atom. The highest BCUT2D eigenvalue weighted by Crippen LogP contribution is 2.20. The Bertz CT molecular complexity index is 499. The lowest BCUT2D eigenvalue weighted by Gasteiger charge is -2.09. The van der Waals surface area contributed by atoms with Crippen LogP contribution in [0.5, 0.6) is 0 Å². The van der Waals surface area contributed by atoms with Crippen molar-refractivity contribution in [1.82, 2.24) is 9.78 Å². The predicted molar refractivity (Wildman–Crippen MR) is 67.8 cm³/mol. The largest absolute Gasteiger partial charge is 0.388 e. The summed E-state index contributed by atoms with van der Waals surface area (Å²) < 4.78 is 1.74. The molecule has 3 nitrogen and oxygen atoms in total. The van der Waals surface area contributed by atoms with Gasteiger partial charge in [-0.15, -0.1) is 0 Å². The van der Waals surface area contributed by atoms with Crippen molar-refractivity contribution in [1.29, 1.82) is 0 Å². The molecule has 90 valence electrons. The number of hydrogen-bond acceptors (Lipinski definition) is 2. The topological polar surface area (TPSA) is 38.0 Å². The summed E-state index contributed by atoms with van der Waals surface area (Å²) >= 11 is 0. The number of aliphatic hydroxyl groups excluding tert-OH is 1. The van der Waals surface area contributed by atoms with Crippen molar-refractivity contribution in [3.05, 3.63) is 52.8 Å². The third-order valence-electron chi connectivity index (χ3n) is 2.96. The summed E-state index contributed by atoms with van der Waals surface area (Å²) in [7, 11) is 1.87. The van der Waals surface area contributed by atoms with Gasteiger partial charge in [0.2, 0.25) is 0 Å². The fourth-order valence-corrected chi connectivity index (χ4v) is 2.00. The highest BCUT2D eigenvalue weighted by atomic mass is 16.3. The van der Waals surface area contributed by atoms with Gasteiger partial charge in [-0.25, -0.2) is 0 Å². The number of aliphatic hydroxyl groups is 1. The van der Waals surface area contributed by atoms with Crippen LogP contribution in [0, 0.1) is 13.8 Å². The zero-order valence-corrected chi connectivity index (χ0v) is 10.5. The quantitative estimate of drug-likeness (QED) is 0.878. The van der Waals surface area contributed by atoms with Crippen LogP contribution in [0.2, 0.25) is 0 Å². The molecule has 0 amide bonds. The van der Waals surface area contributed by atoms with Crippen molar-refractivity contribution in [3.63, 3.8) is 0 Å².